The minimum absolute atomic E-state index is 0.122. The molecule has 1 spiro atoms. The molecule has 3 nitrogen and oxygen atoms in total. The minimum Gasteiger partial charge on any atom is -0.403 e. The average Bonchev–Trinajstić information content (AvgIpc) is 2.94. The molecule has 5 rings (SSSR count). The van der Waals surface area contributed by atoms with E-state index < -0.39 is 0 Å². The Balaban J connectivity index is 1.77. The van der Waals surface area contributed by atoms with Crippen LogP contribution in [0.15, 0.2) is 63.8 Å². The Bertz CT molecular complexity index is 1030. The number of hydrogen-bond acceptors (Lipinski definition) is 3. The topological polar surface area (TPSA) is 43.1 Å². The molecule has 2 aliphatic carbocycles. The summed E-state index contributed by atoms with van der Waals surface area (Å²) in [6.45, 7) is 0. The van der Waals surface area contributed by atoms with Crippen LogP contribution in [-0.2, 0) is 11.8 Å². The Hall–Kier alpha value is -2.68. The first-order valence-electron chi connectivity index (χ1n) is 9.96. The van der Waals surface area contributed by atoms with Crippen molar-refractivity contribution in [2.75, 3.05) is 0 Å². The first-order valence-corrected chi connectivity index (χ1v) is 9.96. The lowest BCUT2D eigenvalue weighted by Crippen LogP contribution is -2.38. The Morgan fingerprint density at radius 1 is 0.852 bits per heavy atom. The van der Waals surface area contributed by atoms with Crippen molar-refractivity contribution >= 4 is 0 Å². The van der Waals surface area contributed by atoms with Crippen molar-refractivity contribution in [2.45, 2.75) is 50.4 Å². The molecule has 3 aromatic rings. The fraction of sp³-hybridized carbons (Fsp3) is 0.333. The van der Waals surface area contributed by atoms with E-state index in [-0.39, 0.29) is 11.0 Å². The summed E-state index contributed by atoms with van der Waals surface area (Å²) >= 11 is 0. The Morgan fingerprint density at radius 3 is 2.33 bits per heavy atom. The van der Waals surface area contributed by atoms with E-state index in [1.807, 2.05) is 36.4 Å². The second-order valence-electron chi connectivity index (χ2n) is 7.92. The highest BCUT2D eigenvalue weighted by atomic mass is 16.4. The summed E-state index contributed by atoms with van der Waals surface area (Å²) < 4.78 is 5.78. The van der Waals surface area contributed by atoms with Crippen LogP contribution in [0.2, 0.25) is 0 Å². The first kappa shape index (κ1) is 16.5. The molecule has 1 aromatic heterocycles. The molecule has 1 saturated carbocycles. The minimum atomic E-state index is -0.199. The number of benzene rings is 2. The van der Waals surface area contributed by atoms with Crippen LogP contribution in [0.3, 0.4) is 0 Å². The van der Waals surface area contributed by atoms with Crippen molar-refractivity contribution < 1.29 is 4.42 Å². The van der Waals surface area contributed by atoms with Crippen molar-refractivity contribution in [1.29, 1.82) is 0 Å². The Morgan fingerprint density at radius 2 is 1.56 bits per heavy atom. The Kier molecular flexibility index (Phi) is 3.96. The van der Waals surface area contributed by atoms with Crippen LogP contribution in [0.25, 0.3) is 22.7 Å². The molecule has 0 amide bonds. The van der Waals surface area contributed by atoms with E-state index in [9.17, 15) is 4.79 Å². The summed E-state index contributed by atoms with van der Waals surface area (Å²) in [4.78, 5) is 18.1. The lowest BCUT2D eigenvalue weighted by Gasteiger charge is -2.38. The third-order valence-corrected chi connectivity index (χ3v) is 6.26. The molecule has 0 unspecified atom stereocenters. The summed E-state index contributed by atoms with van der Waals surface area (Å²) in [7, 11) is 0. The third kappa shape index (κ3) is 2.73. The predicted molar refractivity (Wildman–Crippen MR) is 107 cm³/mol. The van der Waals surface area contributed by atoms with Crippen LogP contribution in [-0.4, -0.2) is 4.98 Å². The normalized spacial score (nSPS) is 17.8. The van der Waals surface area contributed by atoms with Gasteiger partial charge in [-0.25, -0.2) is 9.78 Å². The predicted octanol–water partition coefficient (Wildman–Crippen LogP) is 5.52. The SMILES string of the molecule is O=c1oc(-c2ccccc2)nc2c1C1(CCCCCC1)Cc1ccccc1-2. The molecule has 136 valence electrons. The Labute approximate surface area is 159 Å². The smallest absolute Gasteiger partial charge is 0.343 e. The number of hydrogen-bond donors (Lipinski definition) is 0. The summed E-state index contributed by atoms with van der Waals surface area (Å²) in [6.07, 6.45) is 7.85. The van der Waals surface area contributed by atoms with Crippen molar-refractivity contribution in [3.63, 3.8) is 0 Å². The second-order valence-corrected chi connectivity index (χ2v) is 7.92. The molecule has 0 atom stereocenters. The zero-order valence-electron chi connectivity index (χ0n) is 15.4. The van der Waals surface area contributed by atoms with Crippen molar-refractivity contribution in [3.05, 3.63) is 76.1 Å². The molecule has 0 radical (unpaired) electrons. The van der Waals surface area contributed by atoms with Gasteiger partial charge in [-0.15, -0.1) is 0 Å². The van der Waals surface area contributed by atoms with Gasteiger partial charge in [0.1, 0.15) is 0 Å². The molecule has 0 saturated heterocycles. The van der Waals surface area contributed by atoms with Gasteiger partial charge in [-0.3, -0.25) is 0 Å². The van der Waals surface area contributed by atoms with Crippen LogP contribution in [0, 0.1) is 0 Å². The molecule has 1 heterocycles. The maximum absolute atomic E-state index is 13.2. The van der Waals surface area contributed by atoms with E-state index in [2.05, 4.69) is 18.2 Å². The van der Waals surface area contributed by atoms with Gasteiger partial charge in [0.05, 0.1) is 11.3 Å². The molecule has 2 aromatic carbocycles. The van der Waals surface area contributed by atoms with Crippen LogP contribution in [0.1, 0.15) is 49.7 Å². The van der Waals surface area contributed by atoms with Gasteiger partial charge in [0.25, 0.3) is 0 Å². The van der Waals surface area contributed by atoms with Gasteiger partial charge in [-0.05, 0) is 37.0 Å². The third-order valence-electron chi connectivity index (χ3n) is 6.26. The molecule has 0 bridgehead atoms. The zero-order chi connectivity index (χ0) is 18.3. The standard InChI is InChI=1S/C24H23NO2/c26-23-20-21(25-22(27-23)17-10-4-3-5-11-17)19-13-7-6-12-18(19)16-24(20)14-8-1-2-9-15-24/h3-7,10-13H,1-2,8-9,14-16H2. The summed E-state index contributed by atoms with van der Waals surface area (Å²) in [6, 6.07) is 18.1. The largest absolute Gasteiger partial charge is 0.403 e. The number of fused-ring (bicyclic) bond motifs is 4. The highest BCUT2D eigenvalue weighted by Crippen LogP contribution is 2.48. The second kappa shape index (κ2) is 6.49. The molecule has 3 heteroatoms. The van der Waals surface area contributed by atoms with Crippen LogP contribution < -0.4 is 5.63 Å². The number of rotatable bonds is 1. The molecule has 0 N–H and O–H groups in total. The van der Waals surface area contributed by atoms with Gasteiger partial charge in [0.2, 0.25) is 5.89 Å². The molecule has 1 fully saturated rings. The molecular weight excluding hydrogens is 334 g/mol. The van der Waals surface area contributed by atoms with E-state index in [0.717, 1.165) is 41.6 Å². The van der Waals surface area contributed by atoms with Gasteiger partial charge in [0, 0.05) is 16.5 Å². The zero-order valence-corrected chi connectivity index (χ0v) is 15.4. The summed E-state index contributed by atoms with van der Waals surface area (Å²) in [5, 5.41) is 0. The van der Waals surface area contributed by atoms with Gasteiger partial charge >= 0.3 is 5.63 Å². The monoisotopic (exact) mass is 357 g/mol. The van der Waals surface area contributed by atoms with E-state index in [1.165, 1.54) is 31.2 Å². The highest BCUT2D eigenvalue weighted by molar-refractivity contribution is 5.73. The lowest BCUT2D eigenvalue weighted by molar-refractivity contribution is 0.342. The fourth-order valence-corrected chi connectivity index (χ4v) is 4.97. The van der Waals surface area contributed by atoms with Gasteiger partial charge in [0.15, 0.2) is 0 Å². The van der Waals surface area contributed by atoms with E-state index >= 15 is 0 Å². The molecule has 2 aliphatic rings. The summed E-state index contributed by atoms with van der Waals surface area (Å²) in [5.41, 5.74) is 4.59. The summed E-state index contributed by atoms with van der Waals surface area (Å²) in [5.74, 6) is 0.417. The van der Waals surface area contributed by atoms with Gasteiger partial charge in [-0.1, -0.05) is 68.1 Å². The average molecular weight is 357 g/mol. The van der Waals surface area contributed by atoms with Crippen molar-refractivity contribution in [2.24, 2.45) is 0 Å². The lowest BCUT2D eigenvalue weighted by atomic mass is 9.65. The first-order chi connectivity index (χ1) is 13.3. The van der Waals surface area contributed by atoms with Gasteiger partial charge < -0.3 is 4.42 Å². The van der Waals surface area contributed by atoms with E-state index in [4.69, 9.17) is 9.40 Å². The van der Waals surface area contributed by atoms with Crippen LogP contribution in [0.5, 0.6) is 0 Å². The van der Waals surface area contributed by atoms with Crippen molar-refractivity contribution in [3.8, 4) is 22.7 Å². The fourth-order valence-electron chi connectivity index (χ4n) is 4.97. The van der Waals surface area contributed by atoms with Crippen molar-refractivity contribution in [1.82, 2.24) is 4.98 Å². The van der Waals surface area contributed by atoms with Crippen LogP contribution in [0.4, 0.5) is 0 Å². The van der Waals surface area contributed by atoms with E-state index in [1.54, 1.807) is 0 Å². The highest BCUT2D eigenvalue weighted by Gasteiger charge is 2.42. The number of nitrogens with zero attached hydrogens (tertiary/aromatic N) is 1. The molecular formula is C24H23NO2. The quantitative estimate of drug-likeness (QED) is 0.576. The number of aromatic nitrogens is 1. The molecule has 0 aliphatic heterocycles. The molecule has 27 heavy (non-hydrogen) atoms. The maximum atomic E-state index is 13.2. The van der Waals surface area contributed by atoms with Crippen LogP contribution >= 0.6 is 0 Å². The van der Waals surface area contributed by atoms with E-state index in [0.29, 0.717) is 5.89 Å². The maximum Gasteiger partial charge on any atom is 0.343 e. The van der Waals surface area contributed by atoms with Gasteiger partial charge in [-0.2, -0.15) is 0 Å².